The lowest BCUT2D eigenvalue weighted by molar-refractivity contribution is 0.0469. The van der Waals surface area contributed by atoms with Crippen molar-refractivity contribution in [3.05, 3.63) is 27.4 Å². The van der Waals surface area contributed by atoms with E-state index < -0.39 is 17.1 Å². The van der Waals surface area contributed by atoms with Crippen LogP contribution in [-0.2, 0) is 0 Å². The normalized spacial score (nSPS) is 14.0. The molecule has 6 nitrogen and oxygen atoms in total. The average molecular weight is 295 g/mol. The molecule has 1 aromatic rings. The minimum absolute atomic E-state index is 0.00620. The molecule has 1 aromatic heterocycles. The Bertz CT molecular complexity index is 562. The number of nitrogens with zero attached hydrogens (tertiary/aromatic N) is 1. The quantitative estimate of drug-likeness (QED) is 0.741. The van der Waals surface area contributed by atoms with Crippen molar-refractivity contribution < 1.29 is 9.90 Å². The predicted octanol–water partition coefficient (Wildman–Crippen LogP) is 1.48. The van der Waals surface area contributed by atoms with Crippen LogP contribution in [-0.4, -0.2) is 33.1 Å². The summed E-state index contributed by atoms with van der Waals surface area (Å²) in [6.07, 6.45) is 1.39. The van der Waals surface area contributed by atoms with E-state index in [-0.39, 0.29) is 18.0 Å². The van der Waals surface area contributed by atoms with Crippen LogP contribution in [0.25, 0.3) is 0 Å². The molecule has 1 amide bonds. The molecule has 1 atom stereocenters. The molecule has 0 aliphatic heterocycles. The Kier molecular flexibility index (Phi) is 5.66. The van der Waals surface area contributed by atoms with Crippen LogP contribution in [0.1, 0.15) is 68.3 Å². The lowest BCUT2D eigenvalue weighted by Gasteiger charge is -2.23. The van der Waals surface area contributed by atoms with Gasteiger partial charge in [-0.3, -0.25) is 9.59 Å². The Labute approximate surface area is 125 Å². The van der Waals surface area contributed by atoms with Crippen molar-refractivity contribution in [3.8, 4) is 0 Å². The van der Waals surface area contributed by atoms with Crippen molar-refractivity contribution in [2.45, 2.75) is 59.0 Å². The number of H-pyrrole nitrogens is 1. The summed E-state index contributed by atoms with van der Waals surface area (Å²) in [7, 11) is 0. The summed E-state index contributed by atoms with van der Waals surface area (Å²) in [6, 6.07) is 0. The summed E-state index contributed by atoms with van der Waals surface area (Å²) in [4.78, 5) is 31.1. The molecule has 0 saturated carbocycles. The average Bonchev–Trinajstić information content (AvgIpc) is 2.35. The maximum Gasteiger partial charge on any atom is 0.264 e. The van der Waals surface area contributed by atoms with Gasteiger partial charge in [0.2, 0.25) is 0 Å². The third kappa shape index (κ3) is 4.67. The van der Waals surface area contributed by atoms with Crippen molar-refractivity contribution in [1.82, 2.24) is 15.3 Å². The monoisotopic (exact) mass is 295 g/mol. The Morgan fingerprint density at radius 2 is 2.10 bits per heavy atom. The number of nitrogens with one attached hydrogen (secondary N) is 2. The first-order chi connectivity index (χ1) is 9.68. The molecule has 1 heterocycles. The first-order valence-corrected chi connectivity index (χ1v) is 7.29. The molecule has 0 bridgehead atoms. The summed E-state index contributed by atoms with van der Waals surface area (Å²) in [6.45, 7) is 9.19. The number of rotatable bonds is 6. The van der Waals surface area contributed by atoms with E-state index in [1.807, 2.05) is 20.8 Å². The van der Waals surface area contributed by atoms with Gasteiger partial charge in [0.15, 0.2) is 0 Å². The van der Waals surface area contributed by atoms with E-state index in [4.69, 9.17) is 0 Å². The molecule has 0 fully saturated rings. The maximum absolute atomic E-state index is 12.1. The second-order valence-corrected chi connectivity index (χ2v) is 6.00. The van der Waals surface area contributed by atoms with Crippen LogP contribution in [0.3, 0.4) is 0 Å². The molecule has 0 aliphatic rings. The van der Waals surface area contributed by atoms with Crippen LogP contribution in [0.5, 0.6) is 0 Å². The van der Waals surface area contributed by atoms with Gasteiger partial charge in [0, 0.05) is 12.5 Å². The topological polar surface area (TPSA) is 95.1 Å². The van der Waals surface area contributed by atoms with Gasteiger partial charge in [0.1, 0.15) is 11.4 Å². The van der Waals surface area contributed by atoms with Gasteiger partial charge in [0.25, 0.3) is 11.5 Å². The van der Waals surface area contributed by atoms with E-state index >= 15 is 0 Å². The van der Waals surface area contributed by atoms with Gasteiger partial charge in [-0.2, -0.15) is 0 Å². The van der Waals surface area contributed by atoms with Crippen molar-refractivity contribution in [3.63, 3.8) is 0 Å². The molecule has 21 heavy (non-hydrogen) atoms. The second kappa shape index (κ2) is 6.85. The van der Waals surface area contributed by atoms with E-state index in [2.05, 4.69) is 15.3 Å². The molecule has 118 valence electrons. The highest BCUT2D eigenvalue weighted by molar-refractivity contribution is 5.94. The number of aryl methyl sites for hydroxylation is 1. The van der Waals surface area contributed by atoms with E-state index in [1.165, 1.54) is 0 Å². The van der Waals surface area contributed by atoms with Gasteiger partial charge in [0.05, 0.1) is 11.3 Å². The third-order valence-corrected chi connectivity index (χ3v) is 3.31. The highest BCUT2D eigenvalue weighted by Crippen LogP contribution is 2.11. The largest absolute Gasteiger partial charge is 0.388 e. The SMILES string of the molecule is CCCC(C)(O)CNC(=O)c1c(C)nc(C(C)C)[nH]c1=O. The number of amides is 1. The molecule has 0 aliphatic carbocycles. The maximum atomic E-state index is 12.1. The van der Waals surface area contributed by atoms with Crippen LogP contribution >= 0.6 is 0 Å². The number of carbonyl (C=O) groups is 1. The number of aromatic nitrogens is 2. The predicted molar refractivity (Wildman–Crippen MR) is 81.5 cm³/mol. The third-order valence-electron chi connectivity index (χ3n) is 3.31. The van der Waals surface area contributed by atoms with Gasteiger partial charge in [-0.25, -0.2) is 4.98 Å². The molecule has 0 aromatic carbocycles. The van der Waals surface area contributed by atoms with Crippen LogP contribution in [0, 0.1) is 6.92 Å². The zero-order valence-electron chi connectivity index (χ0n) is 13.4. The zero-order valence-corrected chi connectivity index (χ0v) is 13.4. The van der Waals surface area contributed by atoms with Crippen molar-refractivity contribution >= 4 is 5.91 Å². The van der Waals surface area contributed by atoms with Gasteiger partial charge in [-0.15, -0.1) is 0 Å². The van der Waals surface area contributed by atoms with Crippen molar-refractivity contribution in [2.75, 3.05) is 6.54 Å². The Balaban J connectivity index is 2.91. The van der Waals surface area contributed by atoms with E-state index in [0.29, 0.717) is 17.9 Å². The van der Waals surface area contributed by atoms with Crippen molar-refractivity contribution in [2.24, 2.45) is 0 Å². The number of aromatic amines is 1. The van der Waals surface area contributed by atoms with Gasteiger partial charge < -0.3 is 15.4 Å². The van der Waals surface area contributed by atoms with E-state index in [1.54, 1.807) is 13.8 Å². The minimum atomic E-state index is -0.976. The minimum Gasteiger partial charge on any atom is -0.388 e. The number of aliphatic hydroxyl groups is 1. The molecule has 1 rings (SSSR count). The standard InChI is InChI=1S/C15H25N3O3/c1-6-7-15(5,21)8-16-13(19)11-10(4)17-12(9(2)3)18-14(11)20/h9,21H,6-8H2,1-5H3,(H,16,19)(H,17,18,20). The fourth-order valence-electron chi connectivity index (χ4n) is 2.13. The highest BCUT2D eigenvalue weighted by atomic mass is 16.3. The number of hydrogen-bond acceptors (Lipinski definition) is 4. The first-order valence-electron chi connectivity index (χ1n) is 7.29. The first kappa shape index (κ1) is 17.4. The lowest BCUT2D eigenvalue weighted by atomic mass is 10.0. The Hall–Kier alpha value is -1.69. The highest BCUT2D eigenvalue weighted by Gasteiger charge is 2.23. The summed E-state index contributed by atoms with van der Waals surface area (Å²) in [5, 5.41) is 12.7. The molecule has 0 spiro atoms. The lowest BCUT2D eigenvalue weighted by Crippen LogP contribution is -2.42. The van der Waals surface area contributed by atoms with E-state index in [9.17, 15) is 14.7 Å². The molecular formula is C15H25N3O3. The molecular weight excluding hydrogens is 270 g/mol. The molecule has 1 unspecified atom stereocenters. The van der Waals surface area contributed by atoms with Gasteiger partial charge in [-0.05, 0) is 20.3 Å². The van der Waals surface area contributed by atoms with Crippen LogP contribution in [0.2, 0.25) is 0 Å². The molecule has 6 heteroatoms. The van der Waals surface area contributed by atoms with Crippen LogP contribution in [0.4, 0.5) is 0 Å². The molecule has 0 radical (unpaired) electrons. The summed E-state index contributed by atoms with van der Waals surface area (Å²) >= 11 is 0. The number of hydrogen-bond donors (Lipinski definition) is 3. The van der Waals surface area contributed by atoms with Crippen LogP contribution < -0.4 is 10.9 Å². The fraction of sp³-hybridized carbons (Fsp3) is 0.667. The Morgan fingerprint density at radius 3 is 2.57 bits per heavy atom. The van der Waals surface area contributed by atoms with Gasteiger partial charge in [-0.1, -0.05) is 27.2 Å². The summed E-state index contributed by atoms with van der Waals surface area (Å²) in [5.41, 5.74) is -1.02. The smallest absolute Gasteiger partial charge is 0.264 e. The van der Waals surface area contributed by atoms with Crippen LogP contribution in [0.15, 0.2) is 4.79 Å². The number of carbonyl (C=O) groups excluding carboxylic acids is 1. The molecule has 3 N–H and O–H groups in total. The zero-order chi connectivity index (χ0) is 16.2. The second-order valence-electron chi connectivity index (χ2n) is 6.00. The van der Waals surface area contributed by atoms with E-state index in [0.717, 1.165) is 6.42 Å². The van der Waals surface area contributed by atoms with Crippen molar-refractivity contribution in [1.29, 1.82) is 0 Å². The fourth-order valence-corrected chi connectivity index (χ4v) is 2.13. The molecule has 0 saturated heterocycles. The summed E-state index contributed by atoms with van der Waals surface area (Å²) in [5.74, 6) is 0.138. The summed E-state index contributed by atoms with van der Waals surface area (Å²) < 4.78 is 0. The van der Waals surface area contributed by atoms with Gasteiger partial charge >= 0.3 is 0 Å². The Morgan fingerprint density at radius 1 is 1.48 bits per heavy atom.